The van der Waals surface area contributed by atoms with Gasteiger partial charge in [0.05, 0.1) is 17.4 Å². The Morgan fingerprint density at radius 3 is 2.15 bits per heavy atom. The Morgan fingerprint density at radius 2 is 1.69 bits per heavy atom. The van der Waals surface area contributed by atoms with Gasteiger partial charge in [-0.25, -0.2) is 0 Å². The second-order valence-electron chi connectivity index (χ2n) is 1.92. The predicted molar refractivity (Wildman–Crippen MR) is 63.2 cm³/mol. The van der Waals surface area contributed by atoms with E-state index in [1.165, 1.54) is 12.4 Å². The van der Waals surface area contributed by atoms with Crippen LogP contribution in [0.3, 0.4) is 0 Å². The fourth-order valence-corrected chi connectivity index (χ4v) is 0.452. The minimum atomic E-state index is 0.448. The zero-order chi connectivity index (χ0) is 10.1. The Balaban J connectivity index is 3.57. The molecule has 0 bridgehead atoms. The lowest BCUT2D eigenvalue weighted by Crippen LogP contribution is -2.28. The van der Waals surface area contributed by atoms with Crippen molar-refractivity contribution in [3.05, 3.63) is 0 Å². The van der Waals surface area contributed by atoms with Crippen molar-refractivity contribution in [1.29, 1.82) is 0 Å². The fraction of sp³-hybridized carbons (Fsp3) is 0.333. The molecule has 7 heteroatoms. The molecule has 0 saturated carbocycles. The molecule has 0 amide bonds. The number of nitrogens with one attached hydrogen (secondary N) is 3. The molecule has 72 valence electrons. The summed E-state index contributed by atoms with van der Waals surface area (Å²) in [6, 6.07) is 0. The van der Waals surface area contributed by atoms with Crippen LogP contribution in [0.2, 0.25) is 0 Å². The van der Waals surface area contributed by atoms with E-state index in [2.05, 4.69) is 26.4 Å². The van der Waals surface area contributed by atoms with E-state index in [4.69, 9.17) is 24.4 Å². The molecule has 13 heavy (non-hydrogen) atoms. The molecule has 0 aromatic rings. The number of thiocarbonyl (C=S) groups is 2. The maximum absolute atomic E-state index is 4.76. The van der Waals surface area contributed by atoms with Gasteiger partial charge < -0.3 is 5.32 Å². The minimum absolute atomic E-state index is 0.448. The standard InChI is InChI=1S/C6H11N5S2/c1-5(12)10-8-3-4-9-11-6(13)7-2/h3-4H,1-2H3,(H,10,12)(H2,7,11,13). The quantitative estimate of drug-likeness (QED) is 0.352. The summed E-state index contributed by atoms with van der Waals surface area (Å²) in [5.74, 6) is 0. The lowest BCUT2D eigenvalue weighted by Gasteiger charge is -1.97. The van der Waals surface area contributed by atoms with Crippen molar-refractivity contribution in [2.75, 3.05) is 7.05 Å². The van der Waals surface area contributed by atoms with Crippen molar-refractivity contribution in [3.8, 4) is 0 Å². The Bertz CT molecular complexity index is 235. The molecule has 0 fully saturated rings. The van der Waals surface area contributed by atoms with Crippen molar-refractivity contribution < 1.29 is 0 Å². The van der Waals surface area contributed by atoms with E-state index >= 15 is 0 Å². The van der Waals surface area contributed by atoms with Crippen molar-refractivity contribution in [2.45, 2.75) is 6.92 Å². The highest BCUT2D eigenvalue weighted by Crippen LogP contribution is 1.65. The van der Waals surface area contributed by atoms with Crippen LogP contribution in [-0.2, 0) is 0 Å². The maximum atomic E-state index is 4.76. The summed E-state index contributed by atoms with van der Waals surface area (Å²) < 4.78 is 0. The van der Waals surface area contributed by atoms with Crippen LogP contribution < -0.4 is 16.2 Å². The van der Waals surface area contributed by atoms with Crippen LogP contribution in [0.1, 0.15) is 6.92 Å². The van der Waals surface area contributed by atoms with Gasteiger partial charge in [-0.05, 0) is 19.1 Å². The molecule has 0 radical (unpaired) electrons. The molecule has 0 aliphatic rings. The lowest BCUT2D eigenvalue weighted by molar-refractivity contribution is 0.983. The zero-order valence-electron chi connectivity index (χ0n) is 7.37. The summed E-state index contributed by atoms with van der Waals surface area (Å²) in [6.45, 7) is 1.73. The Labute approximate surface area is 87.7 Å². The molecule has 0 spiro atoms. The normalized spacial score (nSPS) is 10.3. The van der Waals surface area contributed by atoms with Crippen LogP contribution in [0, 0.1) is 0 Å². The highest BCUT2D eigenvalue weighted by atomic mass is 32.1. The monoisotopic (exact) mass is 217 g/mol. The SMILES string of the molecule is CNC(=S)NN=CC=NNC(C)=S. The van der Waals surface area contributed by atoms with E-state index in [0.29, 0.717) is 10.1 Å². The first-order chi connectivity index (χ1) is 6.16. The van der Waals surface area contributed by atoms with Gasteiger partial charge in [-0.3, -0.25) is 10.9 Å². The van der Waals surface area contributed by atoms with Gasteiger partial charge in [0, 0.05) is 7.05 Å². The van der Waals surface area contributed by atoms with Crippen molar-refractivity contribution in [3.63, 3.8) is 0 Å². The zero-order valence-corrected chi connectivity index (χ0v) is 9.00. The molecule has 0 heterocycles. The third-order valence-corrected chi connectivity index (χ3v) is 1.22. The van der Waals surface area contributed by atoms with Crippen LogP contribution in [0.4, 0.5) is 0 Å². The molecule has 0 saturated heterocycles. The second-order valence-corrected chi connectivity index (χ2v) is 2.94. The molecule has 0 atom stereocenters. The third-order valence-electron chi connectivity index (χ3n) is 0.831. The molecule has 0 rings (SSSR count). The van der Waals surface area contributed by atoms with E-state index in [9.17, 15) is 0 Å². The van der Waals surface area contributed by atoms with Gasteiger partial charge in [-0.2, -0.15) is 10.2 Å². The van der Waals surface area contributed by atoms with Crippen LogP contribution in [0.15, 0.2) is 10.2 Å². The van der Waals surface area contributed by atoms with E-state index in [1.54, 1.807) is 14.0 Å². The van der Waals surface area contributed by atoms with Crippen molar-refractivity contribution in [2.24, 2.45) is 10.2 Å². The number of hydrazone groups is 2. The van der Waals surface area contributed by atoms with E-state index in [1.807, 2.05) is 0 Å². The van der Waals surface area contributed by atoms with E-state index in [-0.39, 0.29) is 0 Å². The molecular weight excluding hydrogens is 206 g/mol. The second kappa shape index (κ2) is 7.56. The fourth-order valence-electron chi connectivity index (χ4n) is 0.347. The third kappa shape index (κ3) is 8.83. The summed E-state index contributed by atoms with van der Waals surface area (Å²) in [7, 11) is 1.70. The van der Waals surface area contributed by atoms with Crippen molar-refractivity contribution >= 4 is 47.0 Å². The van der Waals surface area contributed by atoms with Gasteiger partial charge >= 0.3 is 0 Å². The molecule has 0 aliphatic heterocycles. The Morgan fingerprint density at radius 1 is 1.15 bits per heavy atom. The van der Waals surface area contributed by atoms with Gasteiger partial charge in [0.15, 0.2) is 5.11 Å². The smallest absolute Gasteiger partial charge is 0.186 e. The molecule has 0 aliphatic carbocycles. The highest BCUT2D eigenvalue weighted by molar-refractivity contribution is 7.80. The largest absolute Gasteiger partial charge is 0.364 e. The van der Waals surface area contributed by atoms with Crippen molar-refractivity contribution in [1.82, 2.24) is 16.2 Å². The van der Waals surface area contributed by atoms with E-state index < -0.39 is 0 Å². The molecule has 0 aromatic heterocycles. The van der Waals surface area contributed by atoms with Crippen LogP contribution in [0.5, 0.6) is 0 Å². The first-order valence-electron chi connectivity index (χ1n) is 3.46. The molecule has 5 nitrogen and oxygen atoms in total. The Hall–Kier alpha value is -1.08. The average molecular weight is 217 g/mol. The van der Waals surface area contributed by atoms with Gasteiger partial charge in [0.1, 0.15) is 0 Å². The molecule has 0 unspecified atom stereocenters. The minimum Gasteiger partial charge on any atom is -0.364 e. The summed E-state index contributed by atoms with van der Waals surface area (Å²) in [4.78, 5) is 0.600. The van der Waals surface area contributed by atoms with Gasteiger partial charge in [-0.1, -0.05) is 12.2 Å². The summed E-state index contributed by atoms with van der Waals surface area (Å²) >= 11 is 9.48. The van der Waals surface area contributed by atoms with Gasteiger partial charge in [-0.15, -0.1) is 0 Å². The maximum Gasteiger partial charge on any atom is 0.186 e. The number of hydrogen-bond donors (Lipinski definition) is 3. The van der Waals surface area contributed by atoms with E-state index in [0.717, 1.165) is 0 Å². The molecule has 0 aromatic carbocycles. The van der Waals surface area contributed by atoms with Crippen LogP contribution >= 0.6 is 24.4 Å². The number of hydrogen-bond acceptors (Lipinski definition) is 4. The summed E-state index contributed by atoms with van der Waals surface area (Å²) in [6.07, 6.45) is 2.91. The van der Waals surface area contributed by atoms with Gasteiger partial charge in [0.25, 0.3) is 0 Å². The number of nitrogens with zero attached hydrogens (tertiary/aromatic N) is 2. The molecular formula is C6H11N5S2. The van der Waals surface area contributed by atoms with Gasteiger partial charge in [0.2, 0.25) is 0 Å². The lowest BCUT2D eigenvalue weighted by atomic mass is 10.8. The average Bonchev–Trinajstić information content (AvgIpc) is 2.10. The predicted octanol–water partition coefficient (Wildman–Crippen LogP) is -0.0112. The summed E-state index contributed by atoms with van der Waals surface area (Å²) in [5.41, 5.74) is 5.14. The summed E-state index contributed by atoms with van der Waals surface area (Å²) in [5, 5.41) is 10.6. The highest BCUT2D eigenvalue weighted by Gasteiger charge is 1.81. The first kappa shape index (κ1) is 11.9. The topological polar surface area (TPSA) is 60.8 Å². The van der Waals surface area contributed by atoms with Crippen LogP contribution in [0.25, 0.3) is 0 Å². The first-order valence-corrected chi connectivity index (χ1v) is 4.27. The van der Waals surface area contributed by atoms with Crippen LogP contribution in [-0.4, -0.2) is 29.6 Å². The molecule has 3 N–H and O–H groups in total. The Kier molecular flexibility index (Phi) is 6.93. The number of rotatable bonds is 3.